The predicted octanol–water partition coefficient (Wildman–Crippen LogP) is 1.12. The van der Waals surface area contributed by atoms with Crippen molar-refractivity contribution >= 4 is 11.7 Å². The summed E-state index contributed by atoms with van der Waals surface area (Å²) in [6, 6.07) is 8.18. The molecule has 2 N–H and O–H groups in total. The quantitative estimate of drug-likeness (QED) is 0.868. The molecule has 5 heteroatoms. The number of carbonyl (C=O) groups is 1. The Labute approximate surface area is 119 Å². The Balaban J connectivity index is 1.47. The number of piperazine rings is 3. The average Bonchev–Trinajstić information content (AvgIpc) is 2.46. The van der Waals surface area contributed by atoms with Gasteiger partial charge in [0.15, 0.2) is 0 Å². The van der Waals surface area contributed by atoms with Gasteiger partial charge in [0.2, 0.25) is 0 Å². The molecule has 0 saturated carbocycles. The minimum Gasteiger partial charge on any atom is -0.336 e. The van der Waals surface area contributed by atoms with Crippen molar-refractivity contribution in [2.24, 2.45) is 0 Å². The molecule has 20 heavy (non-hydrogen) atoms. The van der Waals surface area contributed by atoms with E-state index < -0.39 is 0 Å². The summed E-state index contributed by atoms with van der Waals surface area (Å²) < 4.78 is 0. The van der Waals surface area contributed by atoms with Gasteiger partial charge in [0.1, 0.15) is 0 Å². The Bertz CT molecular complexity index is 483. The van der Waals surface area contributed by atoms with Crippen LogP contribution in [0.25, 0.3) is 0 Å². The Hall–Kier alpha value is -1.59. The number of hydrogen-bond acceptors (Lipinski definition) is 3. The van der Waals surface area contributed by atoms with Gasteiger partial charge in [0.25, 0.3) is 0 Å². The molecule has 3 saturated heterocycles. The van der Waals surface area contributed by atoms with E-state index >= 15 is 0 Å². The Kier molecular flexibility index (Phi) is 3.89. The molecule has 3 heterocycles. The highest BCUT2D eigenvalue weighted by atomic mass is 16.2. The van der Waals surface area contributed by atoms with Gasteiger partial charge in [-0.05, 0) is 24.6 Å². The largest absolute Gasteiger partial charge is 0.336 e. The summed E-state index contributed by atoms with van der Waals surface area (Å²) >= 11 is 0. The second-order valence-corrected chi connectivity index (χ2v) is 5.69. The van der Waals surface area contributed by atoms with Crippen molar-refractivity contribution in [2.75, 3.05) is 44.6 Å². The first-order chi connectivity index (χ1) is 9.70. The van der Waals surface area contributed by atoms with Gasteiger partial charge in [-0.15, -0.1) is 0 Å². The van der Waals surface area contributed by atoms with Crippen LogP contribution in [0.3, 0.4) is 0 Å². The number of nitrogens with zero attached hydrogens (tertiary/aromatic N) is 2. The molecule has 0 aliphatic carbocycles. The average molecular weight is 274 g/mol. The van der Waals surface area contributed by atoms with Crippen molar-refractivity contribution in [3.8, 4) is 0 Å². The number of fused-ring (bicyclic) bond motifs is 3. The van der Waals surface area contributed by atoms with Crippen LogP contribution in [0.4, 0.5) is 10.5 Å². The molecule has 4 rings (SSSR count). The molecule has 1 aromatic carbocycles. The maximum atomic E-state index is 11.9. The Morgan fingerprint density at radius 3 is 2.75 bits per heavy atom. The third-order valence-electron chi connectivity index (χ3n) is 4.17. The maximum Gasteiger partial charge on any atom is 0.319 e. The number of hydrogen-bond donors (Lipinski definition) is 2. The fourth-order valence-corrected chi connectivity index (χ4v) is 3.03. The molecule has 0 aromatic heterocycles. The molecule has 2 bridgehead atoms. The van der Waals surface area contributed by atoms with E-state index in [2.05, 4.69) is 20.4 Å². The molecular weight excluding hydrogens is 252 g/mol. The number of rotatable bonds is 3. The zero-order valence-corrected chi connectivity index (χ0v) is 11.9. The van der Waals surface area contributed by atoms with Crippen molar-refractivity contribution in [1.29, 1.82) is 0 Å². The SMILES string of the molecule is Cc1cccc(NC(=O)NCC2CN3CCN2CC3)c1. The molecule has 3 fully saturated rings. The molecule has 1 unspecified atom stereocenters. The van der Waals surface area contributed by atoms with Crippen LogP contribution in [-0.2, 0) is 0 Å². The van der Waals surface area contributed by atoms with Crippen LogP contribution >= 0.6 is 0 Å². The van der Waals surface area contributed by atoms with Gasteiger partial charge < -0.3 is 10.6 Å². The van der Waals surface area contributed by atoms with Crippen LogP contribution in [0.2, 0.25) is 0 Å². The minimum atomic E-state index is -0.117. The van der Waals surface area contributed by atoms with Crippen LogP contribution in [0.5, 0.6) is 0 Å². The number of anilines is 1. The fourth-order valence-electron chi connectivity index (χ4n) is 3.03. The van der Waals surface area contributed by atoms with Crippen LogP contribution in [-0.4, -0.2) is 61.1 Å². The van der Waals surface area contributed by atoms with Crippen LogP contribution in [0.15, 0.2) is 24.3 Å². The first-order valence-corrected chi connectivity index (χ1v) is 7.28. The topological polar surface area (TPSA) is 47.6 Å². The first-order valence-electron chi connectivity index (χ1n) is 7.28. The summed E-state index contributed by atoms with van der Waals surface area (Å²) in [7, 11) is 0. The lowest BCUT2D eigenvalue weighted by molar-refractivity contribution is 0.0149. The zero-order valence-electron chi connectivity index (χ0n) is 11.9. The van der Waals surface area contributed by atoms with Gasteiger partial charge in [-0.3, -0.25) is 9.80 Å². The number of aryl methyl sites for hydroxylation is 1. The van der Waals surface area contributed by atoms with Crippen molar-refractivity contribution in [3.05, 3.63) is 29.8 Å². The molecule has 3 aliphatic heterocycles. The summed E-state index contributed by atoms with van der Waals surface area (Å²) in [6.07, 6.45) is 0. The number of amides is 2. The molecular formula is C15H22N4O. The molecule has 0 radical (unpaired) electrons. The number of nitrogens with one attached hydrogen (secondary N) is 2. The molecule has 1 atom stereocenters. The summed E-state index contributed by atoms with van der Waals surface area (Å²) in [5.74, 6) is 0. The second-order valence-electron chi connectivity index (χ2n) is 5.69. The van der Waals surface area contributed by atoms with E-state index in [1.807, 2.05) is 31.2 Å². The standard InChI is InChI=1S/C15H22N4O/c1-12-3-2-4-13(9-12)17-15(20)16-10-14-11-18-5-7-19(14)8-6-18/h2-4,9,14H,5-8,10-11H2,1H3,(H2,16,17,20). The zero-order chi connectivity index (χ0) is 13.9. The minimum absolute atomic E-state index is 0.117. The molecule has 0 spiro atoms. The van der Waals surface area contributed by atoms with Crippen LogP contribution < -0.4 is 10.6 Å². The van der Waals surface area contributed by atoms with E-state index in [9.17, 15) is 4.79 Å². The van der Waals surface area contributed by atoms with E-state index in [1.54, 1.807) is 0 Å². The normalized spacial score (nSPS) is 28.1. The van der Waals surface area contributed by atoms with Crippen molar-refractivity contribution < 1.29 is 4.79 Å². The highest BCUT2D eigenvalue weighted by Crippen LogP contribution is 2.15. The van der Waals surface area contributed by atoms with E-state index in [0.29, 0.717) is 12.6 Å². The number of benzene rings is 1. The molecule has 2 amide bonds. The van der Waals surface area contributed by atoms with E-state index in [4.69, 9.17) is 0 Å². The van der Waals surface area contributed by atoms with Crippen molar-refractivity contribution in [3.63, 3.8) is 0 Å². The van der Waals surface area contributed by atoms with E-state index in [-0.39, 0.29) is 6.03 Å². The number of urea groups is 1. The molecule has 1 aromatic rings. The summed E-state index contributed by atoms with van der Waals surface area (Å²) in [5.41, 5.74) is 1.99. The molecule has 5 nitrogen and oxygen atoms in total. The third-order valence-corrected chi connectivity index (χ3v) is 4.17. The second kappa shape index (κ2) is 5.81. The van der Waals surface area contributed by atoms with Gasteiger partial charge in [0, 0.05) is 51.0 Å². The summed E-state index contributed by atoms with van der Waals surface area (Å²) in [5, 5.41) is 5.87. The first kappa shape index (κ1) is 13.4. The lowest BCUT2D eigenvalue weighted by Crippen LogP contribution is -2.63. The smallest absolute Gasteiger partial charge is 0.319 e. The van der Waals surface area contributed by atoms with Crippen LogP contribution in [0.1, 0.15) is 5.56 Å². The molecule has 3 aliphatic rings. The van der Waals surface area contributed by atoms with E-state index in [1.165, 1.54) is 13.1 Å². The van der Waals surface area contributed by atoms with Gasteiger partial charge >= 0.3 is 6.03 Å². The lowest BCUT2D eigenvalue weighted by atomic mass is 10.1. The third kappa shape index (κ3) is 3.11. The maximum absolute atomic E-state index is 11.9. The van der Waals surface area contributed by atoms with Gasteiger partial charge in [-0.1, -0.05) is 12.1 Å². The summed E-state index contributed by atoms with van der Waals surface area (Å²) in [4.78, 5) is 16.9. The fraction of sp³-hybridized carbons (Fsp3) is 0.533. The van der Waals surface area contributed by atoms with Gasteiger partial charge in [0.05, 0.1) is 0 Å². The summed E-state index contributed by atoms with van der Waals surface area (Å²) in [6.45, 7) is 8.41. The highest BCUT2D eigenvalue weighted by molar-refractivity contribution is 5.89. The Morgan fingerprint density at radius 1 is 1.30 bits per heavy atom. The van der Waals surface area contributed by atoms with Gasteiger partial charge in [-0.25, -0.2) is 4.79 Å². The van der Waals surface area contributed by atoms with E-state index in [0.717, 1.165) is 30.9 Å². The van der Waals surface area contributed by atoms with Crippen LogP contribution in [0, 0.1) is 6.92 Å². The monoisotopic (exact) mass is 274 g/mol. The van der Waals surface area contributed by atoms with Gasteiger partial charge in [-0.2, -0.15) is 0 Å². The number of carbonyl (C=O) groups excluding carboxylic acids is 1. The van der Waals surface area contributed by atoms with Crippen molar-refractivity contribution in [1.82, 2.24) is 15.1 Å². The van der Waals surface area contributed by atoms with Crippen molar-refractivity contribution in [2.45, 2.75) is 13.0 Å². The predicted molar refractivity (Wildman–Crippen MR) is 80.0 cm³/mol. The lowest BCUT2D eigenvalue weighted by Gasteiger charge is -2.47. The molecule has 108 valence electrons. The Morgan fingerprint density at radius 2 is 2.10 bits per heavy atom. The highest BCUT2D eigenvalue weighted by Gasteiger charge is 2.31.